The van der Waals surface area contributed by atoms with Gasteiger partial charge in [0.2, 0.25) is 6.79 Å². The molecule has 0 spiro atoms. The lowest BCUT2D eigenvalue weighted by Crippen LogP contribution is -2.50. The van der Waals surface area contributed by atoms with E-state index in [0.29, 0.717) is 11.8 Å². The summed E-state index contributed by atoms with van der Waals surface area (Å²) in [6.07, 6.45) is 6.17. The largest absolute Gasteiger partial charge is 0.454 e. The van der Waals surface area contributed by atoms with Crippen molar-refractivity contribution < 1.29 is 14.3 Å². The molecule has 1 atom stereocenters. The average molecular weight is 340 g/mol. The molecule has 2 saturated heterocycles. The highest BCUT2D eigenvalue weighted by molar-refractivity contribution is 5.94. The van der Waals surface area contributed by atoms with E-state index in [9.17, 15) is 4.79 Å². The van der Waals surface area contributed by atoms with Crippen LogP contribution < -0.4 is 9.47 Å². The summed E-state index contributed by atoms with van der Waals surface area (Å²) < 4.78 is 10.6. The van der Waals surface area contributed by atoms with Gasteiger partial charge in [0, 0.05) is 30.6 Å². The van der Waals surface area contributed by atoms with Crippen LogP contribution in [0.3, 0.4) is 0 Å². The van der Waals surface area contributed by atoms with Gasteiger partial charge in [-0.05, 0) is 57.0 Å². The quantitative estimate of drug-likeness (QED) is 0.736. The first-order valence-electron chi connectivity index (χ1n) is 9.24. The second kappa shape index (κ2) is 7.37. The zero-order valence-corrected chi connectivity index (χ0v) is 14.5. The van der Waals surface area contributed by atoms with Crippen LogP contribution in [-0.2, 0) is 4.79 Å². The standard InChI is InChI=1S/C20H24N2O3/c23-20(9-7-16-6-8-18-19(13-16)25-15-24-18)22-12-4-5-17(14-22)21-10-2-1-3-11-21/h6,8,13,17H,1-5,10-12,14-15H2. The van der Waals surface area contributed by atoms with Gasteiger partial charge in [0.25, 0.3) is 5.91 Å². The molecule has 4 rings (SSSR count). The highest BCUT2D eigenvalue weighted by Crippen LogP contribution is 2.32. The first kappa shape index (κ1) is 16.3. The normalized spacial score (nSPS) is 23.0. The van der Waals surface area contributed by atoms with E-state index in [0.717, 1.165) is 30.8 Å². The van der Waals surface area contributed by atoms with Crippen molar-refractivity contribution in [3.05, 3.63) is 23.8 Å². The van der Waals surface area contributed by atoms with Gasteiger partial charge < -0.3 is 14.4 Å². The Kier molecular flexibility index (Phi) is 4.80. The Hall–Kier alpha value is -2.19. The number of nitrogens with zero attached hydrogens (tertiary/aromatic N) is 2. The van der Waals surface area contributed by atoms with Crippen LogP contribution in [0.1, 0.15) is 37.7 Å². The van der Waals surface area contributed by atoms with E-state index in [1.807, 2.05) is 23.1 Å². The molecule has 0 saturated carbocycles. The van der Waals surface area contributed by atoms with Gasteiger partial charge in [-0.2, -0.15) is 0 Å². The fourth-order valence-corrected chi connectivity index (χ4v) is 3.90. The van der Waals surface area contributed by atoms with Crippen molar-refractivity contribution >= 4 is 5.91 Å². The van der Waals surface area contributed by atoms with Crippen molar-refractivity contribution in [1.82, 2.24) is 9.80 Å². The van der Waals surface area contributed by atoms with Gasteiger partial charge in [-0.15, -0.1) is 0 Å². The molecule has 3 heterocycles. The molecule has 132 valence electrons. The Morgan fingerprint density at radius 2 is 1.88 bits per heavy atom. The van der Waals surface area contributed by atoms with Gasteiger partial charge in [0.15, 0.2) is 11.5 Å². The third-order valence-electron chi connectivity index (χ3n) is 5.28. The predicted molar refractivity (Wildman–Crippen MR) is 94.5 cm³/mol. The van der Waals surface area contributed by atoms with E-state index in [1.165, 1.54) is 38.8 Å². The van der Waals surface area contributed by atoms with E-state index in [4.69, 9.17) is 9.47 Å². The Morgan fingerprint density at radius 3 is 2.76 bits per heavy atom. The summed E-state index contributed by atoms with van der Waals surface area (Å²) in [7, 11) is 0. The van der Waals surface area contributed by atoms with Gasteiger partial charge in [0.05, 0.1) is 0 Å². The van der Waals surface area contributed by atoms with Crippen LogP contribution in [0.2, 0.25) is 0 Å². The summed E-state index contributed by atoms with van der Waals surface area (Å²) in [4.78, 5) is 17.0. The SMILES string of the molecule is O=C(C#Cc1ccc2c(c1)OCO2)N1CCCC(N2CCCCC2)C1. The minimum Gasteiger partial charge on any atom is -0.454 e. The lowest BCUT2D eigenvalue weighted by molar-refractivity contribution is -0.127. The molecule has 5 heteroatoms. The lowest BCUT2D eigenvalue weighted by atomic mass is 10.0. The Bertz CT molecular complexity index is 701. The van der Waals surface area contributed by atoms with Crippen LogP contribution in [0.15, 0.2) is 18.2 Å². The second-order valence-electron chi connectivity index (χ2n) is 6.96. The van der Waals surface area contributed by atoms with Crippen molar-refractivity contribution in [2.45, 2.75) is 38.1 Å². The van der Waals surface area contributed by atoms with E-state index >= 15 is 0 Å². The summed E-state index contributed by atoms with van der Waals surface area (Å²) in [5, 5.41) is 0. The molecule has 3 aliphatic rings. The van der Waals surface area contributed by atoms with Crippen molar-refractivity contribution in [1.29, 1.82) is 0 Å². The first-order valence-corrected chi connectivity index (χ1v) is 9.24. The first-order chi connectivity index (χ1) is 12.3. The Balaban J connectivity index is 1.39. The number of hydrogen-bond acceptors (Lipinski definition) is 4. The molecule has 0 N–H and O–H groups in total. The summed E-state index contributed by atoms with van der Waals surface area (Å²) >= 11 is 0. The number of carbonyl (C=O) groups is 1. The van der Waals surface area contributed by atoms with Crippen LogP contribution in [-0.4, -0.2) is 54.7 Å². The van der Waals surface area contributed by atoms with Gasteiger partial charge in [0.1, 0.15) is 0 Å². The minimum absolute atomic E-state index is 0.0700. The maximum absolute atomic E-state index is 12.5. The van der Waals surface area contributed by atoms with Gasteiger partial charge >= 0.3 is 0 Å². The highest BCUT2D eigenvalue weighted by atomic mass is 16.7. The summed E-state index contributed by atoms with van der Waals surface area (Å²) in [6, 6.07) is 6.03. The molecule has 1 amide bonds. The van der Waals surface area contributed by atoms with Gasteiger partial charge in [-0.3, -0.25) is 9.69 Å². The van der Waals surface area contributed by atoms with Crippen molar-refractivity contribution in [3.63, 3.8) is 0 Å². The topological polar surface area (TPSA) is 42.0 Å². The summed E-state index contributed by atoms with van der Waals surface area (Å²) in [6.45, 7) is 4.23. The molecule has 0 radical (unpaired) electrons. The van der Waals surface area contributed by atoms with Crippen LogP contribution in [0, 0.1) is 11.8 Å². The fraction of sp³-hybridized carbons (Fsp3) is 0.550. The van der Waals surface area contributed by atoms with Crippen LogP contribution in [0.5, 0.6) is 11.5 Å². The predicted octanol–water partition coefficient (Wildman–Crippen LogP) is 2.24. The molecule has 1 aromatic rings. The van der Waals surface area contributed by atoms with Crippen molar-refractivity contribution in [2.24, 2.45) is 0 Å². The molecular formula is C20H24N2O3. The zero-order chi connectivity index (χ0) is 17.1. The summed E-state index contributed by atoms with van der Waals surface area (Å²) in [5.41, 5.74) is 0.780. The second-order valence-corrected chi connectivity index (χ2v) is 6.96. The highest BCUT2D eigenvalue weighted by Gasteiger charge is 2.28. The number of hydrogen-bond donors (Lipinski definition) is 0. The molecular weight excluding hydrogens is 316 g/mol. The van der Waals surface area contributed by atoms with Gasteiger partial charge in [-0.1, -0.05) is 12.3 Å². The minimum atomic E-state index is -0.0700. The molecule has 1 unspecified atom stereocenters. The van der Waals surface area contributed by atoms with Crippen LogP contribution in [0.4, 0.5) is 0 Å². The maximum atomic E-state index is 12.5. The molecule has 0 aromatic heterocycles. The molecule has 5 nitrogen and oxygen atoms in total. The zero-order valence-electron chi connectivity index (χ0n) is 14.5. The average Bonchev–Trinajstić information content (AvgIpc) is 3.15. The fourth-order valence-electron chi connectivity index (χ4n) is 3.90. The van der Waals surface area contributed by atoms with E-state index in [1.54, 1.807) is 0 Å². The number of benzene rings is 1. The number of ether oxygens (including phenoxy) is 2. The summed E-state index contributed by atoms with van der Waals surface area (Å²) in [5.74, 6) is 7.14. The Labute approximate surface area is 148 Å². The smallest absolute Gasteiger partial charge is 0.298 e. The molecule has 1 aromatic carbocycles. The molecule has 0 aliphatic carbocycles. The third-order valence-corrected chi connectivity index (χ3v) is 5.28. The number of amides is 1. The molecule has 0 bridgehead atoms. The Morgan fingerprint density at radius 1 is 1.04 bits per heavy atom. The van der Waals surface area contributed by atoms with E-state index in [-0.39, 0.29) is 12.7 Å². The molecule has 2 fully saturated rings. The van der Waals surface area contributed by atoms with Gasteiger partial charge in [-0.25, -0.2) is 0 Å². The lowest BCUT2D eigenvalue weighted by Gasteiger charge is -2.40. The number of rotatable bonds is 1. The molecule has 25 heavy (non-hydrogen) atoms. The van der Waals surface area contributed by atoms with E-state index in [2.05, 4.69) is 16.7 Å². The number of fused-ring (bicyclic) bond motifs is 1. The molecule has 3 aliphatic heterocycles. The van der Waals surface area contributed by atoms with Crippen molar-refractivity contribution in [3.8, 4) is 23.3 Å². The van der Waals surface area contributed by atoms with Crippen LogP contribution >= 0.6 is 0 Å². The van der Waals surface area contributed by atoms with E-state index < -0.39 is 0 Å². The van der Waals surface area contributed by atoms with Crippen LogP contribution in [0.25, 0.3) is 0 Å². The number of piperidine rings is 2. The van der Waals surface area contributed by atoms with Crippen molar-refractivity contribution in [2.75, 3.05) is 33.0 Å². The third kappa shape index (κ3) is 3.74. The number of likely N-dealkylation sites (tertiary alicyclic amines) is 2. The maximum Gasteiger partial charge on any atom is 0.298 e. The monoisotopic (exact) mass is 340 g/mol. The number of carbonyl (C=O) groups excluding carboxylic acids is 1.